The predicted molar refractivity (Wildman–Crippen MR) is 89.0 cm³/mol. The van der Waals surface area contributed by atoms with Crippen molar-refractivity contribution in [2.24, 2.45) is 0 Å². The van der Waals surface area contributed by atoms with Gasteiger partial charge in [-0.2, -0.15) is 0 Å². The first-order valence-corrected chi connectivity index (χ1v) is 7.32. The molecule has 0 aromatic rings. The van der Waals surface area contributed by atoms with Gasteiger partial charge in [0.15, 0.2) is 0 Å². The van der Waals surface area contributed by atoms with E-state index < -0.39 is 0 Å². The van der Waals surface area contributed by atoms with Crippen molar-refractivity contribution in [2.45, 2.75) is 80.1 Å². The summed E-state index contributed by atoms with van der Waals surface area (Å²) in [6.07, 6.45) is 5.96. The Morgan fingerprint density at radius 1 is 0.476 bits per heavy atom. The van der Waals surface area contributed by atoms with E-state index >= 15 is 0 Å². The summed E-state index contributed by atoms with van der Waals surface area (Å²) in [5, 5.41) is 0. The second-order valence-corrected chi connectivity index (χ2v) is 3.18. The maximum atomic E-state index is 7.50. The third kappa shape index (κ3) is 85.1. The fourth-order valence-corrected chi connectivity index (χ4v) is 0.750. The zero-order valence-corrected chi connectivity index (χ0v) is 17.5. The van der Waals surface area contributed by atoms with Gasteiger partial charge in [0.05, 0.1) is 0 Å². The van der Waals surface area contributed by atoms with Crippen molar-refractivity contribution < 1.29 is 25.7 Å². The second-order valence-electron chi connectivity index (χ2n) is 3.18. The Kier molecular flexibility index (Phi) is 77.8. The molecule has 0 rings (SSSR count). The molecule has 0 bridgehead atoms. The fourth-order valence-electron chi connectivity index (χ4n) is 0.750. The van der Waals surface area contributed by atoms with Crippen LogP contribution in [0.25, 0.3) is 0 Å². The first kappa shape index (κ1) is 32.2. The van der Waals surface area contributed by atoms with E-state index in [0.29, 0.717) is 0 Å². The van der Waals surface area contributed by atoms with Gasteiger partial charge in [-0.3, -0.25) is 0 Å². The largest absolute Gasteiger partial charge is 0 e. The van der Waals surface area contributed by atoms with Crippen molar-refractivity contribution in [3.05, 3.63) is 6.65 Å². The van der Waals surface area contributed by atoms with Gasteiger partial charge in [0.25, 0.3) is 0 Å². The van der Waals surface area contributed by atoms with E-state index in [1.165, 1.54) is 0 Å². The van der Waals surface area contributed by atoms with E-state index in [2.05, 4.69) is 83.7 Å². The minimum atomic E-state index is 0. The van der Waals surface area contributed by atoms with Gasteiger partial charge in [0, 0.05) is 59.6 Å². The molecule has 0 radical (unpaired) electrons. The van der Waals surface area contributed by atoms with Gasteiger partial charge in [0.2, 0.25) is 0 Å². The zero-order valence-electron chi connectivity index (χ0n) is 14.6. The minimum Gasteiger partial charge on any atom is 0 e. The van der Waals surface area contributed by atoms with E-state index in [4.69, 9.17) is 4.65 Å². The van der Waals surface area contributed by atoms with Gasteiger partial charge in [-0.05, 0) is 0 Å². The summed E-state index contributed by atoms with van der Waals surface area (Å²) in [6.45, 7) is 16.8. The molecule has 0 saturated heterocycles. The van der Waals surface area contributed by atoms with Gasteiger partial charge >= 0.3 is 11.3 Å². The first-order chi connectivity index (χ1) is 9.74. The molecule has 0 spiro atoms. The first-order valence-electron chi connectivity index (χ1n) is 7.32. The molecule has 0 aromatic carbocycles. The molecule has 0 aliphatic rings. The molecule has 0 aromatic heterocycles. The van der Waals surface area contributed by atoms with Crippen molar-refractivity contribution in [3.63, 3.8) is 0 Å². The van der Waals surface area contributed by atoms with E-state index in [1.54, 1.807) is 0 Å². The predicted octanol–water partition coefficient (Wildman–Crippen LogP) is 5.39. The average molecular weight is 458 g/mol. The van der Waals surface area contributed by atoms with Crippen LogP contribution in [-0.4, -0.2) is 0 Å². The summed E-state index contributed by atoms with van der Waals surface area (Å²) in [5.41, 5.74) is 0. The molecule has 0 unspecified atom stereocenters. The maximum Gasteiger partial charge on any atom is 0 e. The molecule has 0 aliphatic heterocycles. The van der Waals surface area contributed by atoms with Crippen LogP contribution in [0.15, 0.2) is 0 Å². The van der Waals surface area contributed by atoms with Crippen LogP contribution in [0.1, 0.15) is 80.1 Å². The van der Waals surface area contributed by atoms with Gasteiger partial charge in [0.1, 0.15) is 0 Å². The van der Waals surface area contributed by atoms with E-state index in [1.807, 2.05) is 0 Å². The van der Waals surface area contributed by atoms with E-state index in [-0.39, 0.29) is 21.1 Å². The Morgan fingerprint density at radius 3 is 0.619 bits per heavy atom. The zero-order chi connectivity index (χ0) is 16.5. The topological polar surface area (TPSA) is 19.9 Å². The van der Waals surface area contributed by atoms with E-state index in [9.17, 15) is 0 Å². The van der Waals surface area contributed by atoms with Crippen LogP contribution >= 0.6 is 0 Å². The molecule has 21 heavy (non-hydrogen) atoms. The molecule has 0 N–H and O–H groups in total. The van der Waals surface area contributed by atoms with Crippen LogP contribution in [-0.2, 0) is 25.7 Å². The van der Waals surface area contributed by atoms with Gasteiger partial charge in [-0.25, -0.2) is 0 Å². The molecule has 2 heteroatoms. The Labute approximate surface area is 148 Å². The van der Waals surface area contributed by atoms with Crippen molar-refractivity contribution in [1.29, 1.82) is 0 Å². The Hall–Kier alpha value is -0.892. The van der Waals surface area contributed by atoms with Gasteiger partial charge < -0.3 is 0 Å². The molecular formula is C19H30OW. The maximum absolute atomic E-state index is 7.50. The smallest absolute Gasteiger partial charge is 0 e. The quantitative estimate of drug-likeness (QED) is 0.264. The van der Waals surface area contributed by atoms with Gasteiger partial charge in [-0.1, -0.05) is 41.5 Å². The summed E-state index contributed by atoms with van der Waals surface area (Å²) >= 11 is 0. The number of hydrogen-bond acceptors (Lipinski definition) is 0. The average Bonchev–Trinajstić information content (AvgIpc) is 2.52. The van der Waals surface area contributed by atoms with Crippen LogP contribution in [0.2, 0.25) is 0 Å². The molecule has 0 atom stereocenters. The fraction of sp³-hybridized carbons (Fsp3) is 0.632. The molecule has 0 saturated carbocycles. The normalized spacial score (nSPS) is 5.52. The van der Waals surface area contributed by atoms with Crippen molar-refractivity contribution >= 4 is 0 Å². The summed E-state index contributed by atoms with van der Waals surface area (Å²) in [5.74, 6) is 17.7. The van der Waals surface area contributed by atoms with Crippen LogP contribution in [0.3, 0.4) is 0 Å². The Bertz CT molecular complexity index is 260. The molecular weight excluding hydrogens is 428 g/mol. The third-order valence-electron chi connectivity index (χ3n) is 1.44. The molecule has 0 fully saturated rings. The Morgan fingerprint density at radius 2 is 0.571 bits per heavy atom. The SMILES string of the molecule is CCC#CCC.CCC#CCC.CCC#CCC.[C-]#[O+].[W]. The number of rotatable bonds is 0. The summed E-state index contributed by atoms with van der Waals surface area (Å²) in [7, 11) is 0. The monoisotopic (exact) mass is 458 g/mol. The minimum absolute atomic E-state index is 0. The summed E-state index contributed by atoms with van der Waals surface area (Å²) in [6, 6.07) is 0. The van der Waals surface area contributed by atoms with Crippen LogP contribution in [0, 0.1) is 42.2 Å². The molecule has 0 heterocycles. The van der Waals surface area contributed by atoms with Crippen LogP contribution < -0.4 is 0 Å². The number of hydrogen-bond donors (Lipinski definition) is 0. The molecule has 0 aliphatic carbocycles. The standard InChI is InChI=1S/3C6H10.CO.W/c3*1-3-5-6-4-2;1-2;/h3*3-4H2,1-2H3;;. The van der Waals surface area contributed by atoms with Crippen molar-refractivity contribution in [3.8, 4) is 35.5 Å². The molecule has 0 amide bonds. The molecule has 118 valence electrons. The van der Waals surface area contributed by atoms with Crippen molar-refractivity contribution in [2.75, 3.05) is 0 Å². The van der Waals surface area contributed by atoms with Crippen LogP contribution in [0.4, 0.5) is 0 Å². The molecule has 1 nitrogen and oxygen atoms in total. The van der Waals surface area contributed by atoms with Gasteiger partial charge in [-0.15, -0.1) is 35.5 Å². The third-order valence-corrected chi connectivity index (χ3v) is 1.44. The van der Waals surface area contributed by atoms with Crippen molar-refractivity contribution in [1.82, 2.24) is 0 Å². The summed E-state index contributed by atoms with van der Waals surface area (Å²) in [4.78, 5) is 0. The second kappa shape index (κ2) is 50.8. The summed E-state index contributed by atoms with van der Waals surface area (Å²) < 4.78 is 7.50. The van der Waals surface area contributed by atoms with E-state index in [0.717, 1.165) is 38.5 Å². The Balaban J connectivity index is -0.0000000561. The van der Waals surface area contributed by atoms with Crippen LogP contribution in [0.5, 0.6) is 0 Å².